The van der Waals surface area contributed by atoms with E-state index in [4.69, 9.17) is 16.3 Å². The first kappa shape index (κ1) is 11.0. The van der Waals surface area contributed by atoms with Crippen molar-refractivity contribution in [3.63, 3.8) is 0 Å². The summed E-state index contributed by atoms with van der Waals surface area (Å²) in [5.74, 6) is 0.781. The summed E-state index contributed by atoms with van der Waals surface area (Å²) in [4.78, 5) is 4.28. The van der Waals surface area contributed by atoms with Crippen LogP contribution < -0.4 is 10.1 Å². The van der Waals surface area contributed by atoms with Gasteiger partial charge in [-0.15, -0.1) is 0 Å². The average Bonchev–Trinajstić information content (AvgIpc) is 2.31. The molecule has 2 rings (SSSR count). The second-order valence-electron chi connectivity index (χ2n) is 3.36. The molecule has 2 aromatic rings. The summed E-state index contributed by atoms with van der Waals surface area (Å²) >= 11 is 6.11. The Morgan fingerprint density at radius 2 is 2.19 bits per heavy atom. The van der Waals surface area contributed by atoms with Crippen LogP contribution in [0.3, 0.4) is 0 Å². The molecule has 0 saturated heterocycles. The molecule has 0 aliphatic carbocycles. The number of rotatable bonds is 3. The zero-order chi connectivity index (χ0) is 11.5. The number of hydrogen-bond acceptors (Lipinski definition) is 3. The average molecular weight is 237 g/mol. The Labute approximate surface area is 99.4 Å². The number of benzene rings is 1. The lowest BCUT2D eigenvalue weighted by Gasteiger charge is -2.11. The van der Waals surface area contributed by atoms with Gasteiger partial charge in [-0.1, -0.05) is 11.6 Å². The molecule has 0 spiro atoms. The van der Waals surface area contributed by atoms with Crippen LogP contribution in [0.1, 0.15) is 6.92 Å². The molecule has 3 nitrogen and oxygen atoms in total. The minimum absolute atomic E-state index is 0.635. The summed E-state index contributed by atoms with van der Waals surface area (Å²) in [6, 6.07) is 5.57. The summed E-state index contributed by atoms with van der Waals surface area (Å²) in [6.45, 7) is 2.89. The van der Waals surface area contributed by atoms with Gasteiger partial charge < -0.3 is 10.1 Å². The van der Waals surface area contributed by atoms with E-state index >= 15 is 0 Å². The number of anilines is 1. The Bertz CT molecular complexity index is 514. The summed E-state index contributed by atoms with van der Waals surface area (Å²) in [5.41, 5.74) is 1.76. The van der Waals surface area contributed by atoms with E-state index in [9.17, 15) is 0 Å². The van der Waals surface area contributed by atoms with Crippen molar-refractivity contribution >= 4 is 28.2 Å². The third-order valence-corrected chi connectivity index (χ3v) is 2.70. The lowest BCUT2D eigenvalue weighted by molar-refractivity contribution is 0.420. The molecule has 0 aliphatic rings. The number of nitrogens with zero attached hydrogens (tertiary/aromatic N) is 1. The van der Waals surface area contributed by atoms with Gasteiger partial charge in [0.1, 0.15) is 5.75 Å². The number of aromatic nitrogens is 1. The van der Waals surface area contributed by atoms with Gasteiger partial charge in [-0.3, -0.25) is 4.98 Å². The van der Waals surface area contributed by atoms with Gasteiger partial charge in [-0.05, 0) is 25.1 Å². The number of fused-ring (bicyclic) bond motifs is 1. The Morgan fingerprint density at radius 1 is 1.38 bits per heavy atom. The molecule has 0 saturated carbocycles. The predicted molar refractivity (Wildman–Crippen MR) is 67.5 cm³/mol. The van der Waals surface area contributed by atoms with Gasteiger partial charge in [0, 0.05) is 18.4 Å². The number of pyridine rings is 1. The molecule has 1 N–H and O–H groups in total. The third kappa shape index (κ3) is 1.78. The van der Waals surface area contributed by atoms with Crippen molar-refractivity contribution in [1.29, 1.82) is 0 Å². The summed E-state index contributed by atoms with van der Waals surface area (Å²) in [6.07, 6.45) is 1.74. The first-order valence-electron chi connectivity index (χ1n) is 5.13. The second-order valence-corrected chi connectivity index (χ2v) is 3.77. The van der Waals surface area contributed by atoms with Crippen LogP contribution in [0.4, 0.5) is 5.69 Å². The van der Waals surface area contributed by atoms with Crippen molar-refractivity contribution in [3.05, 3.63) is 29.4 Å². The van der Waals surface area contributed by atoms with Crippen molar-refractivity contribution in [2.45, 2.75) is 6.92 Å². The van der Waals surface area contributed by atoms with Crippen molar-refractivity contribution in [2.75, 3.05) is 19.0 Å². The molecule has 0 fully saturated rings. The van der Waals surface area contributed by atoms with E-state index in [0.717, 1.165) is 28.9 Å². The zero-order valence-corrected chi connectivity index (χ0v) is 10.0. The molecule has 1 heterocycles. The van der Waals surface area contributed by atoms with Crippen LogP contribution in [-0.4, -0.2) is 18.6 Å². The fourth-order valence-electron chi connectivity index (χ4n) is 1.71. The Kier molecular flexibility index (Phi) is 3.15. The van der Waals surface area contributed by atoms with Crippen LogP contribution in [0.25, 0.3) is 10.9 Å². The molecule has 0 bridgehead atoms. The van der Waals surface area contributed by atoms with Crippen LogP contribution in [0, 0.1) is 0 Å². The van der Waals surface area contributed by atoms with Crippen molar-refractivity contribution in [1.82, 2.24) is 4.98 Å². The molecular weight excluding hydrogens is 224 g/mol. The molecule has 4 heteroatoms. The lowest BCUT2D eigenvalue weighted by Crippen LogP contribution is -1.99. The van der Waals surface area contributed by atoms with Gasteiger partial charge in [-0.25, -0.2) is 0 Å². The Balaban J connectivity index is 2.77. The first-order valence-corrected chi connectivity index (χ1v) is 5.50. The molecule has 1 aromatic carbocycles. The second kappa shape index (κ2) is 4.58. The number of methoxy groups -OCH3 is 1. The molecule has 16 heavy (non-hydrogen) atoms. The maximum absolute atomic E-state index is 6.11. The fraction of sp³-hybridized carbons (Fsp3) is 0.250. The highest BCUT2D eigenvalue weighted by Crippen LogP contribution is 2.34. The van der Waals surface area contributed by atoms with Gasteiger partial charge in [0.25, 0.3) is 0 Å². The number of ether oxygens (including phenoxy) is 1. The fourth-order valence-corrected chi connectivity index (χ4v) is 1.92. The predicted octanol–water partition coefficient (Wildman–Crippen LogP) is 3.33. The molecule has 0 atom stereocenters. The molecular formula is C12H13ClN2O. The summed E-state index contributed by atoms with van der Waals surface area (Å²) in [5, 5.41) is 4.84. The molecule has 1 aromatic heterocycles. The monoisotopic (exact) mass is 236 g/mol. The highest BCUT2D eigenvalue weighted by molar-refractivity contribution is 6.35. The van der Waals surface area contributed by atoms with Crippen LogP contribution in [0.2, 0.25) is 5.02 Å². The maximum Gasteiger partial charge on any atom is 0.130 e. The van der Waals surface area contributed by atoms with Crippen LogP contribution in [0.5, 0.6) is 5.75 Å². The Hall–Kier alpha value is -1.48. The quantitative estimate of drug-likeness (QED) is 0.888. The topological polar surface area (TPSA) is 34.2 Å². The van der Waals surface area contributed by atoms with Gasteiger partial charge >= 0.3 is 0 Å². The smallest absolute Gasteiger partial charge is 0.130 e. The SMILES string of the molecule is CCNc1ccnc2c(Cl)ccc(OC)c12. The van der Waals surface area contributed by atoms with Gasteiger partial charge in [0.15, 0.2) is 0 Å². The van der Waals surface area contributed by atoms with E-state index in [0.29, 0.717) is 5.02 Å². The summed E-state index contributed by atoms with van der Waals surface area (Å²) in [7, 11) is 1.64. The number of nitrogens with one attached hydrogen (secondary N) is 1. The van der Waals surface area contributed by atoms with Gasteiger partial charge in [0.05, 0.1) is 23.0 Å². The van der Waals surface area contributed by atoms with Crippen molar-refractivity contribution in [2.24, 2.45) is 0 Å². The molecule has 84 valence electrons. The minimum Gasteiger partial charge on any atom is -0.496 e. The largest absolute Gasteiger partial charge is 0.496 e. The van der Waals surface area contributed by atoms with Gasteiger partial charge in [0.2, 0.25) is 0 Å². The van der Waals surface area contributed by atoms with Crippen LogP contribution in [0.15, 0.2) is 24.4 Å². The van der Waals surface area contributed by atoms with Crippen LogP contribution >= 0.6 is 11.6 Å². The highest BCUT2D eigenvalue weighted by atomic mass is 35.5. The number of halogens is 1. The summed E-state index contributed by atoms with van der Waals surface area (Å²) < 4.78 is 5.33. The highest BCUT2D eigenvalue weighted by Gasteiger charge is 2.10. The van der Waals surface area contributed by atoms with E-state index in [1.54, 1.807) is 19.4 Å². The van der Waals surface area contributed by atoms with E-state index in [-0.39, 0.29) is 0 Å². The normalized spacial score (nSPS) is 10.4. The van der Waals surface area contributed by atoms with Crippen LogP contribution in [-0.2, 0) is 0 Å². The zero-order valence-electron chi connectivity index (χ0n) is 9.25. The first-order chi connectivity index (χ1) is 7.77. The molecule has 0 amide bonds. The number of hydrogen-bond donors (Lipinski definition) is 1. The van der Waals surface area contributed by atoms with E-state index in [2.05, 4.69) is 10.3 Å². The van der Waals surface area contributed by atoms with Gasteiger partial charge in [-0.2, -0.15) is 0 Å². The molecule has 0 unspecified atom stereocenters. The lowest BCUT2D eigenvalue weighted by atomic mass is 10.1. The molecule has 0 aliphatic heterocycles. The maximum atomic E-state index is 6.11. The molecule has 0 radical (unpaired) electrons. The van der Waals surface area contributed by atoms with Crippen molar-refractivity contribution < 1.29 is 4.74 Å². The third-order valence-electron chi connectivity index (χ3n) is 2.39. The van der Waals surface area contributed by atoms with E-state index in [1.807, 2.05) is 19.1 Å². The van der Waals surface area contributed by atoms with E-state index in [1.165, 1.54) is 0 Å². The van der Waals surface area contributed by atoms with Crippen molar-refractivity contribution in [3.8, 4) is 5.75 Å². The standard InChI is InChI=1S/C12H13ClN2O/c1-3-14-9-6-7-15-12-8(13)4-5-10(16-2)11(9)12/h4-7H,3H2,1-2H3,(H,14,15). The Morgan fingerprint density at radius 3 is 2.88 bits per heavy atom. The van der Waals surface area contributed by atoms with E-state index < -0.39 is 0 Å². The minimum atomic E-state index is 0.635.